The zero-order valence-corrected chi connectivity index (χ0v) is 12.5. The fourth-order valence-electron chi connectivity index (χ4n) is 2.29. The monoisotopic (exact) mass is 265 g/mol. The molecule has 0 aliphatic rings. The topological polar surface area (TPSA) is 29.1 Å². The molecule has 1 aromatic rings. The molecule has 1 aromatic carbocycles. The maximum absolute atomic E-state index is 13.4. The highest BCUT2D eigenvalue weighted by Crippen LogP contribution is 2.19. The predicted octanol–water partition coefficient (Wildman–Crippen LogP) is 3.79. The number of hydrogen-bond acceptors (Lipinski definition) is 1. The van der Waals surface area contributed by atoms with Crippen LogP contribution in [0.1, 0.15) is 43.6 Å². The maximum Gasteiger partial charge on any atom is 0.251 e. The smallest absolute Gasteiger partial charge is 0.251 e. The fourth-order valence-corrected chi connectivity index (χ4v) is 2.29. The lowest BCUT2D eigenvalue weighted by Crippen LogP contribution is -2.34. The first-order valence-electron chi connectivity index (χ1n) is 6.87. The molecule has 1 rings (SSSR count). The molecule has 106 valence electrons. The third-order valence-electron chi connectivity index (χ3n) is 3.64. The van der Waals surface area contributed by atoms with Gasteiger partial charge in [0.25, 0.3) is 5.91 Å². The minimum atomic E-state index is -0.336. The highest BCUT2D eigenvalue weighted by atomic mass is 19.1. The second kappa shape index (κ2) is 6.69. The quantitative estimate of drug-likeness (QED) is 0.862. The van der Waals surface area contributed by atoms with Crippen LogP contribution in [0.15, 0.2) is 18.2 Å². The Morgan fingerprint density at radius 2 is 1.79 bits per heavy atom. The minimum Gasteiger partial charge on any atom is -0.352 e. The summed E-state index contributed by atoms with van der Waals surface area (Å²) in [5, 5.41) is 2.90. The summed E-state index contributed by atoms with van der Waals surface area (Å²) in [5.74, 6) is 0.909. The Labute approximate surface area is 115 Å². The first kappa shape index (κ1) is 15.7. The number of benzene rings is 1. The predicted molar refractivity (Wildman–Crippen MR) is 76.6 cm³/mol. The highest BCUT2D eigenvalue weighted by molar-refractivity contribution is 5.94. The molecule has 0 aliphatic carbocycles. The van der Waals surface area contributed by atoms with Crippen molar-refractivity contribution in [3.8, 4) is 0 Å². The van der Waals surface area contributed by atoms with Gasteiger partial charge in [-0.3, -0.25) is 4.79 Å². The van der Waals surface area contributed by atoms with Crippen LogP contribution in [0.3, 0.4) is 0 Å². The van der Waals surface area contributed by atoms with Crippen molar-refractivity contribution in [2.75, 3.05) is 6.54 Å². The molecule has 0 saturated carbocycles. The van der Waals surface area contributed by atoms with Gasteiger partial charge >= 0.3 is 0 Å². The van der Waals surface area contributed by atoms with Gasteiger partial charge in [-0.05, 0) is 42.4 Å². The van der Waals surface area contributed by atoms with E-state index in [9.17, 15) is 9.18 Å². The van der Waals surface area contributed by atoms with E-state index in [0.29, 0.717) is 35.4 Å². The van der Waals surface area contributed by atoms with E-state index in [2.05, 4.69) is 33.0 Å². The molecule has 2 nitrogen and oxygen atoms in total. The number of nitrogens with one attached hydrogen (secondary N) is 1. The molecule has 0 unspecified atom stereocenters. The number of carbonyl (C=O) groups is 1. The van der Waals surface area contributed by atoms with Crippen molar-refractivity contribution in [1.82, 2.24) is 5.32 Å². The third kappa shape index (κ3) is 4.34. The summed E-state index contributed by atoms with van der Waals surface area (Å²) in [4.78, 5) is 12.0. The lowest BCUT2D eigenvalue weighted by atomic mass is 9.85. The van der Waals surface area contributed by atoms with Crippen LogP contribution >= 0.6 is 0 Å². The minimum absolute atomic E-state index is 0.204. The van der Waals surface area contributed by atoms with E-state index < -0.39 is 0 Å². The van der Waals surface area contributed by atoms with Crippen LogP contribution in [0.4, 0.5) is 4.39 Å². The van der Waals surface area contributed by atoms with Gasteiger partial charge in [0.1, 0.15) is 5.82 Å². The molecular formula is C16H24FNO. The van der Waals surface area contributed by atoms with E-state index in [1.807, 2.05) is 0 Å². The second-order valence-electron chi connectivity index (χ2n) is 5.83. The summed E-state index contributed by atoms with van der Waals surface area (Å²) in [6.07, 6.45) is 0. The Balaban J connectivity index is 2.66. The molecule has 1 N–H and O–H groups in total. The average molecular weight is 265 g/mol. The molecule has 0 radical (unpaired) electrons. The van der Waals surface area contributed by atoms with Crippen molar-refractivity contribution < 1.29 is 9.18 Å². The van der Waals surface area contributed by atoms with Gasteiger partial charge in [0.05, 0.1) is 0 Å². The molecule has 0 fully saturated rings. The summed E-state index contributed by atoms with van der Waals surface area (Å²) in [5.41, 5.74) is 0.938. The van der Waals surface area contributed by atoms with E-state index in [4.69, 9.17) is 0 Å². The number of aryl methyl sites for hydroxylation is 1. The molecule has 0 aliphatic heterocycles. The molecule has 19 heavy (non-hydrogen) atoms. The number of rotatable bonds is 5. The molecular weight excluding hydrogens is 241 g/mol. The molecule has 0 aromatic heterocycles. The summed E-state index contributed by atoms with van der Waals surface area (Å²) < 4.78 is 13.4. The number of amides is 1. The molecule has 0 bridgehead atoms. The lowest BCUT2D eigenvalue weighted by Gasteiger charge is -2.25. The Bertz CT molecular complexity index is 432. The number of halogens is 1. The van der Waals surface area contributed by atoms with E-state index in [-0.39, 0.29) is 11.7 Å². The molecule has 1 amide bonds. The van der Waals surface area contributed by atoms with Gasteiger partial charge in [-0.25, -0.2) is 4.39 Å². The van der Waals surface area contributed by atoms with Crippen molar-refractivity contribution in [2.24, 2.45) is 17.8 Å². The van der Waals surface area contributed by atoms with Crippen LogP contribution in [0, 0.1) is 30.5 Å². The van der Waals surface area contributed by atoms with Crippen molar-refractivity contribution in [2.45, 2.75) is 34.6 Å². The van der Waals surface area contributed by atoms with Crippen LogP contribution in [0.25, 0.3) is 0 Å². The number of hydrogen-bond donors (Lipinski definition) is 1. The Morgan fingerprint density at radius 1 is 1.21 bits per heavy atom. The summed E-state index contributed by atoms with van der Waals surface area (Å²) in [6.45, 7) is 10.9. The molecule has 0 atom stereocenters. The molecule has 0 spiro atoms. The van der Waals surface area contributed by atoms with Crippen LogP contribution < -0.4 is 5.32 Å². The van der Waals surface area contributed by atoms with Crippen molar-refractivity contribution in [1.29, 1.82) is 0 Å². The fraction of sp³-hybridized carbons (Fsp3) is 0.562. The van der Waals surface area contributed by atoms with Gasteiger partial charge in [0.15, 0.2) is 0 Å². The SMILES string of the molecule is Cc1ccc(C(=O)NCC(C(C)C)C(C)C)cc1F. The number of carbonyl (C=O) groups excluding carboxylic acids is 1. The van der Waals surface area contributed by atoms with Crippen LogP contribution in [0.2, 0.25) is 0 Å². The Kier molecular flexibility index (Phi) is 5.52. The second-order valence-corrected chi connectivity index (χ2v) is 5.83. The van der Waals surface area contributed by atoms with Gasteiger partial charge in [0, 0.05) is 12.1 Å². The summed E-state index contributed by atoms with van der Waals surface area (Å²) in [6, 6.07) is 4.59. The lowest BCUT2D eigenvalue weighted by molar-refractivity contribution is 0.0936. The van der Waals surface area contributed by atoms with Crippen LogP contribution in [-0.4, -0.2) is 12.5 Å². The van der Waals surface area contributed by atoms with Gasteiger partial charge < -0.3 is 5.32 Å². The maximum atomic E-state index is 13.4. The summed E-state index contributed by atoms with van der Waals surface area (Å²) >= 11 is 0. The zero-order valence-electron chi connectivity index (χ0n) is 12.5. The molecule has 3 heteroatoms. The van der Waals surface area contributed by atoms with Crippen molar-refractivity contribution >= 4 is 5.91 Å². The van der Waals surface area contributed by atoms with Gasteiger partial charge in [-0.15, -0.1) is 0 Å². The summed E-state index contributed by atoms with van der Waals surface area (Å²) in [7, 11) is 0. The Morgan fingerprint density at radius 3 is 2.26 bits per heavy atom. The zero-order chi connectivity index (χ0) is 14.6. The first-order chi connectivity index (χ1) is 8.82. The van der Waals surface area contributed by atoms with E-state index in [1.165, 1.54) is 6.07 Å². The van der Waals surface area contributed by atoms with E-state index in [0.717, 1.165) is 0 Å². The van der Waals surface area contributed by atoms with Gasteiger partial charge in [-0.1, -0.05) is 33.8 Å². The highest BCUT2D eigenvalue weighted by Gasteiger charge is 2.18. The molecule has 0 heterocycles. The van der Waals surface area contributed by atoms with Crippen LogP contribution in [-0.2, 0) is 0 Å². The van der Waals surface area contributed by atoms with Gasteiger partial charge in [0.2, 0.25) is 0 Å². The van der Waals surface area contributed by atoms with E-state index in [1.54, 1.807) is 19.1 Å². The van der Waals surface area contributed by atoms with Crippen LogP contribution in [0.5, 0.6) is 0 Å². The Hall–Kier alpha value is -1.38. The van der Waals surface area contributed by atoms with Crippen molar-refractivity contribution in [3.63, 3.8) is 0 Å². The van der Waals surface area contributed by atoms with Crippen molar-refractivity contribution in [3.05, 3.63) is 35.1 Å². The third-order valence-corrected chi connectivity index (χ3v) is 3.64. The largest absolute Gasteiger partial charge is 0.352 e. The average Bonchev–Trinajstić information content (AvgIpc) is 2.31. The van der Waals surface area contributed by atoms with Gasteiger partial charge in [-0.2, -0.15) is 0 Å². The molecule has 0 saturated heterocycles. The first-order valence-corrected chi connectivity index (χ1v) is 6.87. The normalized spacial score (nSPS) is 11.4. The standard InChI is InChI=1S/C16H24FNO/c1-10(2)14(11(3)4)9-18-16(19)13-7-6-12(5)15(17)8-13/h6-8,10-11,14H,9H2,1-5H3,(H,18,19). The van der Waals surface area contributed by atoms with E-state index >= 15 is 0 Å².